The van der Waals surface area contributed by atoms with Crippen LogP contribution in [-0.2, 0) is 13.0 Å². The lowest BCUT2D eigenvalue weighted by atomic mass is 10.1. The van der Waals surface area contributed by atoms with Gasteiger partial charge in [-0.05, 0) is 37.0 Å². The smallest absolute Gasteiger partial charge is 0.281 e. The van der Waals surface area contributed by atoms with Gasteiger partial charge in [-0.15, -0.1) is 0 Å². The molecule has 3 aromatic heterocycles. The van der Waals surface area contributed by atoms with Crippen molar-refractivity contribution < 1.29 is 13.8 Å². The Labute approximate surface area is 177 Å². The van der Waals surface area contributed by atoms with Crippen LogP contribution in [0.4, 0.5) is 5.69 Å². The summed E-state index contributed by atoms with van der Waals surface area (Å²) in [6.07, 6.45) is 6.47. The van der Waals surface area contributed by atoms with E-state index in [9.17, 15) is 4.79 Å². The summed E-state index contributed by atoms with van der Waals surface area (Å²) in [5.41, 5.74) is 3.18. The fraction of sp³-hybridized carbons (Fsp3) is 0.318. The number of anilines is 1. The van der Waals surface area contributed by atoms with Crippen molar-refractivity contribution in [3.8, 4) is 0 Å². The number of fused-ring (bicyclic) bond motifs is 1. The summed E-state index contributed by atoms with van der Waals surface area (Å²) in [5, 5.41) is 12.4. The van der Waals surface area contributed by atoms with E-state index in [1.165, 1.54) is 0 Å². The van der Waals surface area contributed by atoms with Gasteiger partial charge in [0.05, 0.1) is 6.20 Å². The molecule has 156 valence electrons. The molecule has 0 spiro atoms. The number of nitrogens with zero attached hydrogens (tertiary/aromatic N) is 6. The number of aromatic nitrogens is 5. The average molecular weight is 416 g/mol. The second-order valence-corrected chi connectivity index (χ2v) is 8.18. The maximum absolute atomic E-state index is 13.5. The first-order valence-corrected chi connectivity index (χ1v) is 10.4. The third kappa shape index (κ3) is 3.22. The Morgan fingerprint density at radius 3 is 2.87 bits per heavy atom. The fourth-order valence-corrected chi connectivity index (χ4v) is 4.05. The van der Waals surface area contributed by atoms with E-state index in [0.29, 0.717) is 30.5 Å². The zero-order valence-corrected chi connectivity index (χ0v) is 16.9. The van der Waals surface area contributed by atoms with Crippen molar-refractivity contribution in [2.75, 3.05) is 4.90 Å². The van der Waals surface area contributed by atoms with Gasteiger partial charge < -0.3 is 9.05 Å². The fourth-order valence-electron chi connectivity index (χ4n) is 4.05. The van der Waals surface area contributed by atoms with Crippen molar-refractivity contribution in [3.05, 3.63) is 77.0 Å². The highest BCUT2D eigenvalue weighted by molar-refractivity contribution is 6.06. The first-order valence-electron chi connectivity index (χ1n) is 10.4. The topological polar surface area (TPSA) is 103 Å². The minimum Gasteiger partial charge on any atom is -0.359 e. The summed E-state index contributed by atoms with van der Waals surface area (Å²) in [6.45, 7) is 2.37. The monoisotopic (exact) mass is 416 g/mol. The van der Waals surface area contributed by atoms with Crippen molar-refractivity contribution in [3.63, 3.8) is 0 Å². The summed E-state index contributed by atoms with van der Waals surface area (Å²) in [5.74, 6) is 1.88. The first-order chi connectivity index (χ1) is 15.2. The highest BCUT2D eigenvalue weighted by Gasteiger charge is 2.40. The molecule has 1 unspecified atom stereocenters. The Kier molecular flexibility index (Phi) is 4.02. The summed E-state index contributed by atoms with van der Waals surface area (Å²) < 4.78 is 12.7. The van der Waals surface area contributed by atoms with E-state index in [1.807, 2.05) is 37.4 Å². The second kappa shape index (κ2) is 6.90. The third-order valence-electron chi connectivity index (χ3n) is 5.74. The van der Waals surface area contributed by atoms with Crippen molar-refractivity contribution in [2.45, 2.75) is 44.7 Å². The SMILES string of the molecule is Cc1cnn(Cc2cc(C(=O)N3c4ccccc4CC3c3nc(C4CC4)no3)no2)c1. The molecular weight excluding hydrogens is 396 g/mol. The normalized spacial score (nSPS) is 17.8. The molecule has 9 heteroatoms. The van der Waals surface area contributed by atoms with Gasteiger partial charge in [0, 0.05) is 30.3 Å². The molecule has 0 bridgehead atoms. The standard InChI is InChI=1S/C22H20N6O3/c1-13-10-23-27(11-13)12-16-9-17(25-30-16)22(29)28-18-5-3-2-4-15(18)8-19(28)21-24-20(26-31-21)14-6-7-14/h2-5,9-11,14,19H,6-8,12H2,1H3. The summed E-state index contributed by atoms with van der Waals surface area (Å²) >= 11 is 0. The molecule has 0 N–H and O–H groups in total. The summed E-state index contributed by atoms with van der Waals surface area (Å²) in [4.78, 5) is 19.8. The second-order valence-electron chi connectivity index (χ2n) is 8.18. The Morgan fingerprint density at radius 2 is 2.06 bits per heavy atom. The number of rotatable bonds is 5. The number of hydrogen-bond acceptors (Lipinski definition) is 7. The lowest BCUT2D eigenvalue weighted by molar-refractivity contribution is 0.0966. The Hall–Kier alpha value is -3.75. The Morgan fingerprint density at radius 1 is 1.19 bits per heavy atom. The van der Waals surface area contributed by atoms with E-state index >= 15 is 0 Å². The first kappa shape index (κ1) is 18.1. The molecule has 0 saturated heterocycles. The molecule has 1 aromatic carbocycles. The molecule has 2 aliphatic rings. The Balaban J connectivity index is 1.31. The molecule has 0 radical (unpaired) electrons. The van der Waals surface area contributed by atoms with Gasteiger partial charge in [0.1, 0.15) is 12.6 Å². The molecular formula is C22H20N6O3. The molecule has 1 aliphatic heterocycles. The van der Waals surface area contributed by atoms with E-state index in [2.05, 4.69) is 20.4 Å². The molecule has 1 saturated carbocycles. The van der Waals surface area contributed by atoms with Crippen molar-refractivity contribution in [1.29, 1.82) is 0 Å². The van der Waals surface area contributed by atoms with Gasteiger partial charge in [-0.3, -0.25) is 14.4 Å². The number of carbonyl (C=O) groups excluding carboxylic acids is 1. The van der Waals surface area contributed by atoms with Crippen LogP contribution in [0.25, 0.3) is 0 Å². The lowest BCUT2D eigenvalue weighted by Crippen LogP contribution is -2.32. The van der Waals surface area contributed by atoms with E-state index in [0.717, 1.165) is 35.5 Å². The average Bonchev–Trinajstić information content (AvgIpc) is 3.17. The molecule has 31 heavy (non-hydrogen) atoms. The van der Waals surface area contributed by atoms with E-state index in [-0.39, 0.29) is 17.6 Å². The molecule has 4 aromatic rings. The quantitative estimate of drug-likeness (QED) is 0.491. The van der Waals surface area contributed by atoms with Crippen LogP contribution in [-0.4, -0.2) is 31.0 Å². The molecule has 1 aliphatic carbocycles. The van der Waals surface area contributed by atoms with Crippen LogP contribution in [0, 0.1) is 6.92 Å². The molecule has 6 rings (SSSR count). The van der Waals surface area contributed by atoms with Crippen LogP contribution in [0.2, 0.25) is 0 Å². The van der Waals surface area contributed by atoms with Gasteiger partial charge in [0.15, 0.2) is 17.3 Å². The van der Waals surface area contributed by atoms with Crippen LogP contribution >= 0.6 is 0 Å². The number of benzene rings is 1. The zero-order valence-electron chi connectivity index (χ0n) is 16.9. The van der Waals surface area contributed by atoms with Crippen molar-refractivity contribution in [2.24, 2.45) is 0 Å². The molecule has 9 nitrogen and oxygen atoms in total. The molecule has 4 heterocycles. The van der Waals surface area contributed by atoms with Gasteiger partial charge >= 0.3 is 0 Å². The Bertz CT molecular complexity index is 1270. The van der Waals surface area contributed by atoms with Gasteiger partial charge in [-0.2, -0.15) is 10.1 Å². The van der Waals surface area contributed by atoms with Crippen LogP contribution in [0.1, 0.15) is 63.9 Å². The van der Waals surface area contributed by atoms with E-state index in [4.69, 9.17) is 9.05 Å². The highest BCUT2D eigenvalue weighted by Crippen LogP contribution is 2.43. The third-order valence-corrected chi connectivity index (χ3v) is 5.74. The number of para-hydroxylation sites is 1. The highest BCUT2D eigenvalue weighted by atomic mass is 16.5. The molecule has 1 atom stereocenters. The largest absolute Gasteiger partial charge is 0.359 e. The predicted molar refractivity (Wildman–Crippen MR) is 109 cm³/mol. The van der Waals surface area contributed by atoms with Crippen LogP contribution in [0.15, 0.2) is 51.8 Å². The summed E-state index contributed by atoms with van der Waals surface area (Å²) in [6, 6.07) is 9.13. The van der Waals surface area contributed by atoms with Gasteiger partial charge in [-0.25, -0.2) is 0 Å². The van der Waals surface area contributed by atoms with Gasteiger partial charge in [0.25, 0.3) is 5.91 Å². The minimum absolute atomic E-state index is 0.238. The number of aryl methyl sites for hydroxylation is 1. The van der Waals surface area contributed by atoms with Crippen molar-refractivity contribution >= 4 is 11.6 Å². The lowest BCUT2D eigenvalue weighted by Gasteiger charge is -2.21. The van der Waals surface area contributed by atoms with E-state index in [1.54, 1.807) is 21.8 Å². The molecule has 1 amide bonds. The predicted octanol–water partition coefficient (Wildman–Crippen LogP) is 3.43. The number of hydrogen-bond donors (Lipinski definition) is 0. The van der Waals surface area contributed by atoms with Crippen molar-refractivity contribution in [1.82, 2.24) is 25.1 Å². The van der Waals surface area contributed by atoms with Gasteiger partial charge in [-0.1, -0.05) is 28.5 Å². The van der Waals surface area contributed by atoms with Crippen LogP contribution < -0.4 is 4.90 Å². The number of carbonyl (C=O) groups is 1. The summed E-state index contributed by atoms with van der Waals surface area (Å²) in [7, 11) is 0. The maximum atomic E-state index is 13.5. The number of amides is 1. The van der Waals surface area contributed by atoms with Gasteiger partial charge in [0.2, 0.25) is 5.89 Å². The minimum atomic E-state index is -0.362. The molecule has 1 fully saturated rings. The zero-order chi connectivity index (χ0) is 20.9. The van der Waals surface area contributed by atoms with Crippen LogP contribution in [0.3, 0.4) is 0 Å². The van der Waals surface area contributed by atoms with E-state index < -0.39 is 0 Å². The maximum Gasteiger partial charge on any atom is 0.281 e. The van der Waals surface area contributed by atoms with Crippen LogP contribution in [0.5, 0.6) is 0 Å².